The van der Waals surface area contributed by atoms with Crippen LogP contribution in [-0.2, 0) is 10.0 Å². The Morgan fingerprint density at radius 1 is 1.14 bits per heavy atom. The standard InChI is InChI=1S/C21H30N4O3S/c1-16(2)18-8-4-5-9-19(18)23-21(26)24-11-13-25(14-12-24)29(27,28)20-10-6-3-7-17(20)15-22/h3,6-7,10,16,18-19H,4-5,8-9,11-14H2,1-2H3,(H,23,26). The van der Waals surface area contributed by atoms with Crippen LogP contribution < -0.4 is 5.32 Å². The molecule has 0 radical (unpaired) electrons. The topological polar surface area (TPSA) is 93.5 Å². The summed E-state index contributed by atoms with van der Waals surface area (Å²) in [6, 6.07) is 8.27. The molecule has 1 aromatic carbocycles. The van der Waals surface area contributed by atoms with Gasteiger partial charge in [0.1, 0.15) is 6.07 Å². The lowest BCUT2D eigenvalue weighted by Gasteiger charge is -2.38. The van der Waals surface area contributed by atoms with Crippen LogP contribution in [0.3, 0.4) is 0 Å². The van der Waals surface area contributed by atoms with Crippen LogP contribution in [0.4, 0.5) is 4.79 Å². The molecular formula is C21H30N4O3S. The van der Waals surface area contributed by atoms with E-state index in [4.69, 9.17) is 0 Å². The van der Waals surface area contributed by atoms with Gasteiger partial charge in [-0.1, -0.05) is 38.8 Å². The maximum atomic E-state index is 12.9. The number of piperazine rings is 1. The molecule has 2 amide bonds. The SMILES string of the molecule is CC(C)C1CCCCC1NC(=O)N1CCN(S(=O)(=O)c2ccccc2C#N)CC1. The molecule has 0 bridgehead atoms. The number of carbonyl (C=O) groups excluding carboxylic acids is 1. The van der Waals surface area contributed by atoms with Crippen molar-refractivity contribution >= 4 is 16.1 Å². The minimum absolute atomic E-state index is 0.0300. The summed E-state index contributed by atoms with van der Waals surface area (Å²) in [5.74, 6) is 1.03. The summed E-state index contributed by atoms with van der Waals surface area (Å²) in [6.07, 6.45) is 4.51. The number of urea groups is 1. The summed E-state index contributed by atoms with van der Waals surface area (Å²) < 4.78 is 27.2. The Kier molecular flexibility index (Phi) is 6.81. The minimum Gasteiger partial charge on any atom is -0.335 e. The van der Waals surface area contributed by atoms with Gasteiger partial charge in [-0.3, -0.25) is 0 Å². The molecule has 1 aliphatic heterocycles. The molecule has 1 N–H and O–H groups in total. The van der Waals surface area contributed by atoms with E-state index in [2.05, 4.69) is 19.2 Å². The molecule has 2 unspecified atom stereocenters. The van der Waals surface area contributed by atoms with E-state index in [1.165, 1.54) is 22.9 Å². The lowest BCUT2D eigenvalue weighted by atomic mass is 9.78. The van der Waals surface area contributed by atoms with Crippen LogP contribution in [0.15, 0.2) is 29.2 Å². The van der Waals surface area contributed by atoms with Crippen molar-refractivity contribution in [3.05, 3.63) is 29.8 Å². The monoisotopic (exact) mass is 418 g/mol. The van der Waals surface area contributed by atoms with Gasteiger partial charge in [0.15, 0.2) is 0 Å². The van der Waals surface area contributed by atoms with Gasteiger partial charge < -0.3 is 10.2 Å². The van der Waals surface area contributed by atoms with E-state index in [-0.39, 0.29) is 35.6 Å². The molecule has 0 spiro atoms. The maximum Gasteiger partial charge on any atom is 0.317 e. The summed E-state index contributed by atoms with van der Waals surface area (Å²) in [4.78, 5) is 14.5. The van der Waals surface area contributed by atoms with E-state index in [0.29, 0.717) is 24.9 Å². The van der Waals surface area contributed by atoms with Gasteiger partial charge in [0, 0.05) is 32.2 Å². The van der Waals surface area contributed by atoms with Crippen LogP contribution in [0.1, 0.15) is 45.1 Å². The second-order valence-electron chi connectivity index (χ2n) is 8.25. The number of nitrogens with zero attached hydrogens (tertiary/aromatic N) is 3. The lowest BCUT2D eigenvalue weighted by molar-refractivity contribution is 0.151. The third kappa shape index (κ3) is 4.73. The number of nitriles is 1. The van der Waals surface area contributed by atoms with Crippen molar-refractivity contribution in [1.82, 2.24) is 14.5 Å². The van der Waals surface area contributed by atoms with E-state index >= 15 is 0 Å². The molecule has 1 heterocycles. The quantitative estimate of drug-likeness (QED) is 0.814. The highest BCUT2D eigenvalue weighted by Gasteiger charge is 2.34. The first kappa shape index (κ1) is 21.6. The van der Waals surface area contributed by atoms with Crippen LogP contribution in [-0.4, -0.2) is 55.9 Å². The second-order valence-corrected chi connectivity index (χ2v) is 10.2. The van der Waals surface area contributed by atoms with E-state index < -0.39 is 10.0 Å². The van der Waals surface area contributed by atoms with E-state index in [1.807, 2.05) is 6.07 Å². The van der Waals surface area contributed by atoms with Crippen LogP contribution in [0, 0.1) is 23.2 Å². The first-order chi connectivity index (χ1) is 13.8. The Morgan fingerprint density at radius 3 is 2.45 bits per heavy atom. The third-order valence-corrected chi connectivity index (χ3v) is 8.09. The van der Waals surface area contributed by atoms with Crippen LogP contribution in [0.25, 0.3) is 0 Å². The molecule has 7 nitrogen and oxygen atoms in total. The van der Waals surface area contributed by atoms with Gasteiger partial charge in [-0.2, -0.15) is 9.57 Å². The number of rotatable bonds is 4. The van der Waals surface area contributed by atoms with Gasteiger partial charge in [-0.15, -0.1) is 0 Å². The highest BCUT2D eigenvalue weighted by molar-refractivity contribution is 7.89. The molecule has 1 aromatic rings. The van der Waals surface area contributed by atoms with Crippen molar-refractivity contribution < 1.29 is 13.2 Å². The summed E-state index contributed by atoms with van der Waals surface area (Å²) in [7, 11) is -3.75. The van der Waals surface area contributed by atoms with Gasteiger partial charge in [0.25, 0.3) is 0 Å². The fourth-order valence-electron chi connectivity index (χ4n) is 4.44. The third-order valence-electron chi connectivity index (χ3n) is 6.14. The second kappa shape index (κ2) is 9.14. The molecule has 2 aliphatic rings. The zero-order valence-electron chi connectivity index (χ0n) is 17.2. The van der Waals surface area contributed by atoms with Gasteiger partial charge in [-0.25, -0.2) is 13.2 Å². The van der Waals surface area contributed by atoms with Gasteiger partial charge in [0.2, 0.25) is 10.0 Å². The zero-order valence-corrected chi connectivity index (χ0v) is 18.0. The average molecular weight is 419 g/mol. The zero-order chi connectivity index (χ0) is 21.0. The molecular weight excluding hydrogens is 388 g/mol. The van der Waals surface area contributed by atoms with Crippen LogP contribution >= 0.6 is 0 Å². The molecule has 2 fully saturated rings. The summed E-state index contributed by atoms with van der Waals surface area (Å²) in [5, 5.41) is 12.4. The van der Waals surface area contributed by atoms with Gasteiger partial charge >= 0.3 is 6.03 Å². The number of hydrogen-bond acceptors (Lipinski definition) is 4. The highest BCUT2D eigenvalue weighted by Crippen LogP contribution is 2.30. The maximum absolute atomic E-state index is 12.9. The number of sulfonamides is 1. The molecule has 0 aromatic heterocycles. The Balaban J connectivity index is 1.61. The van der Waals surface area contributed by atoms with Gasteiger partial charge in [-0.05, 0) is 36.8 Å². The van der Waals surface area contributed by atoms with E-state index in [0.717, 1.165) is 19.3 Å². The molecule has 3 rings (SSSR count). The molecule has 1 saturated heterocycles. The number of amides is 2. The summed E-state index contributed by atoms with van der Waals surface area (Å²) in [5.41, 5.74) is 0.143. The van der Waals surface area contributed by atoms with Crippen molar-refractivity contribution in [2.24, 2.45) is 11.8 Å². The molecule has 158 valence electrons. The Bertz CT molecular complexity index is 870. The molecule has 1 aliphatic carbocycles. The predicted molar refractivity (Wildman–Crippen MR) is 111 cm³/mol. The first-order valence-electron chi connectivity index (χ1n) is 10.4. The average Bonchev–Trinajstić information content (AvgIpc) is 2.74. The normalized spacial score (nSPS) is 23.6. The largest absolute Gasteiger partial charge is 0.335 e. The van der Waals surface area contributed by atoms with Gasteiger partial charge in [0.05, 0.1) is 10.5 Å². The fourth-order valence-corrected chi connectivity index (χ4v) is 6.01. The number of benzene rings is 1. The molecule has 8 heteroatoms. The summed E-state index contributed by atoms with van der Waals surface area (Å²) >= 11 is 0. The van der Waals surface area contributed by atoms with Crippen molar-refractivity contribution in [3.8, 4) is 6.07 Å². The van der Waals surface area contributed by atoms with Crippen LogP contribution in [0.2, 0.25) is 0 Å². The van der Waals surface area contributed by atoms with Crippen molar-refractivity contribution in [2.75, 3.05) is 26.2 Å². The summed E-state index contributed by atoms with van der Waals surface area (Å²) in [6.45, 7) is 5.56. The van der Waals surface area contributed by atoms with Crippen molar-refractivity contribution in [3.63, 3.8) is 0 Å². The highest BCUT2D eigenvalue weighted by atomic mass is 32.2. The van der Waals surface area contributed by atoms with Crippen LogP contribution in [0.5, 0.6) is 0 Å². The molecule has 2 atom stereocenters. The number of carbonyl (C=O) groups is 1. The fraction of sp³-hybridized carbons (Fsp3) is 0.619. The molecule has 1 saturated carbocycles. The van der Waals surface area contributed by atoms with E-state index in [9.17, 15) is 18.5 Å². The number of hydrogen-bond donors (Lipinski definition) is 1. The first-order valence-corrected chi connectivity index (χ1v) is 11.8. The Morgan fingerprint density at radius 2 is 1.79 bits per heavy atom. The van der Waals surface area contributed by atoms with E-state index in [1.54, 1.807) is 17.0 Å². The number of nitrogens with one attached hydrogen (secondary N) is 1. The predicted octanol–water partition coefficient (Wildman–Crippen LogP) is 2.79. The Labute approximate surface area is 173 Å². The molecule has 29 heavy (non-hydrogen) atoms. The van der Waals surface area contributed by atoms with Crippen molar-refractivity contribution in [2.45, 2.75) is 50.5 Å². The minimum atomic E-state index is -3.75. The Hall–Kier alpha value is -2.11. The van der Waals surface area contributed by atoms with Crippen molar-refractivity contribution in [1.29, 1.82) is 5.26 Å². The smallest absolute Gasteiger partial charge is 0.317 e. The lowest BCUT2D eigenvalue weighted by Crippen LogP contribution is -2.56.